The molecule has 0 spiro atoms. The van der Waals surface area contributed by atoms with Crippen LogP contribution >= 0.6 is 0 Å². The monoisotopic (exact) mass is 430 g/mol. The van der Waals surface area contributed by atoms with Crippen LogP contribution < -0.4 is 10.1 Å². The first-order valence-corrected chi connectivity index (χ1v) is 10.2. The van der Waals surface area contributed by atoms with Gasteiger partial charge in [-0.2, -0.15) is 4.31 Å². The molecule has 0 saturated heterocycles. The van der Waals surface area contributed by atoms with Crippen molar-refractivity contribution in [3.8, 4) is 5.75 Å². The first-order valence-electron chi connectivity index (χ1n) is 8.74. The summed E-state index contributed by atoms with van der Waals surface area (Å²) in [7, 11) is -4.09. The lowest BCUT2D eigenvalue weighted by Crippen LogP contribution is -2.38. The van der Waals surface area contributed by atoms with E-state index in [-0.39, 0.29) is 11.4 Å². The van der Waals surface area contributed by atoms with E-state index < -0.39 is 34.6 Å². The zero-order chi connectivity index (χ0) is 21.7. The molecule has 0 bridgehead atoms. The molecule has 0 unspecified atom stereocenters. The van der Waals surface area contributed by atoms with E-state index in [9.17, 15) is 26.4 Å². The van der Waals surface area contributed by atoms with Gasteiger partial charge in [-0.1, -0.05) is 25.1 Å². The van der Waals surface area contributed by atoms with Crippen LogP contribution in [-0.4, -0.2) is 38.1 Å². The van der Waals surface area contributed by atoms with Gasteiger partial charge in [0.25, 0.3) is 0 Å². The van der Waals surface area contributed by atoms with Gasteiger partial charge >= 0.3 is 6.36 Å². The molecule has 2 rings (SSSR count). The molecular formula is C19H21F3N2O4S. The molecule has 2 aromatic rings. The van der Waals surface area contributed by atoms with E-state index in [2.05, 4.69) is 10.1 Å². The number of hydrogen-bond donors (Lipinski definition) is 1. The van der Waals surface area contributed by atoms with Gasteiger partial charge in [-0.3, -0.25) is 4.79 Å². The number of hydrogen-bond acceptors (Lipinski definition) is 4. The minimum Gasteiger partial charge on any atom is -0.406 e. The molecular weight excluding hydrogens is 409 g/mol. The van der Waals surface area contributed by atoms with Crippen LogP contribution in [0.3, 0.4) is 0 Å². The summed E-state index contributed by atoms with van der Waals surface area (Å²) >= 11 is 0. The van der Waals surface area contributed by atoms with E-state index >= 15 is 0 Å². The Morgan fingerprint density at radius 3 is 2.28 bits per heavy atom. The molecule has 10 heteroatoms. The van der Waals surface area contributed by atoms with Crippen LogP contribution in [0, 0.1) is 6.92 Å². The van der Waals surface area contributed by atoms with Gasteiger partial charge < -0.3 is 10.1 Å². The van der Waals surface area contributed by atoms with Crippen molar-refractivity contribution in [1.82, 2.24) is 4.31 Å². The van der Waals surface area contributed by atoms with E-state index in [1.54, 1.807) is 32.0 Å². The molecule has 0 heterocycles. The number of carbonyl (C=O) groups excluding carboxylic acids is 1. The van der Waals surface area contributed by atoms with Crippen LogP contribution in [0.2, 0.25) is 0 Å². The Balaban J connectivity index is 2.17. The van der Waals surface area contributed by atoms with Crippen molar-refractivity contribution in [1.29, 1.82) is 0 Å². The Bertz CT molecular complexity index is 945. The van der Waals surface area contributed by atoms with E-state index in [0.29, 0.717) is 12.1 Å². The zero-order valence-electron chi connectivity index (χ0n) is 15.9. The second kappa shape index (κ2) is 9.27. The molecule has 2 aromatic carbocycles. The number of carbonyl (C=O) groups is 1. The molecule has 0 fully saturated rings. The summed E-state index contributed by atoms with van der Waals surface area (Å²) < 4.78 is 67.2. The minimum absolute atomic E-state index is 0.0737. The summed E-state index contributed by atoms with van der Waals surface area (Å²) in [5.74, 6) is -1.05. The van der Waals surface area contributed by atoms with Crippen LogP contribution in [0.15, 0.2) is 53.4 Å². The van der Waals surface area contributed by atoms with E-state index in [1.165, 1.54) is 0 Å². The van der Waals surface area contributed by atoms with Gasteiger partial charge in [-0.05, 0) is 49.2 Å². The lowest BCUT2D eigenvalue weighted by atomic mass is 10.2. The van der Waals surface area contributed by atoms with Crippen molar-refractivity contribution >= 4 is 21.6 Å². The molecule has 1 N–H and O–H groups in total. The predicted octanol–water partition coefficient (Wildman–Crippen LogP) is 3.93. The van der Waals surface area contributed by atoms with Crippen LogP contribution in [0.5, 0.6) is 5.75 Å². The summed E-state index contributed by atoms with van der Waals surface area (Å²) in [5, 5.41) is 2.67. The van der Waals surface area contributed by atoms with Gasteiger partial charge in [0.1, 0.15) is 5.75 Å². The molecule has 0 aliphatic carbocycles. The fourth-order valence-corrected chi connectivity index (χ4v) is 4.05. The normalized spacial score (nSPS) is 12.1. The molecule has 0 saturated carbocycles. The van der Waals surface area contributed by atoms with Crippen molar-refractivity contribution < 1.29 is 31.1 Å². The molecule has 6 nitrogen and oxygen atoms in total. The van der Waals surface area contributed by atoms with Crippen molar-refractivity contribution in [3.05, 3.63) is 54.1 Å². The van der Waals surface area contributed by atoms with Gasteiger partial charge in [0.2, 0.25) is 15.9 Å². The third-order valence-corrected chi connectivity index (χ3v) is 5.77. The van der Waals surface area contributed by atoms with Gasteiger partial charge in [0.05, 0.1) is 11.4 Å². The fourth-order valence-electron chi connectivity index (χ4n) is 2.56. The SMILES string of the molecule is CCCN(CC(=O)Nc1ccccc1C)S(=O)(=O)c1ccc(OC(F)(F)F)cc1. The van der Waals surface area contributed by atoms with Crippen LogP contribution in [0.1, 0.15) is 18.9 Å². The number of rotatable bonds is 8. The fraction of sp³-hybridized carbons (Fsp3) is 0.316. The third-order valence-electron chi connectivity index (χ3n) is 3.91. The summed E-state index contributed by atoms with van der Waals surface area (Å²) in [4.78, 5) is 12.1. The summed E-state index contributed by atoms with van der Waals surface area (Å²) in [5.41, 5.74) is 1.39. The number of amides is 1. The number of benzene rings is 2. The second-order valence-electron chi connectivity index (χ2n) is 6.22. The van der Waals surface area contributed by atoms with Gasteiger partial charge in [-0.25, -0.2) is 8.42 Å². The largest absolute Gasteiger partial charge is 0.573 e. The number of halogens is 3. The maximum Gasteiger partial charge on any atom is 0.573 e. The summed E-state index contributed by atoms with van der Waals surface area (Å²) in [6.45, 7) is 3.21. The number of sulfonamides is 1. The Labute approximate surface area is 167 Å². The van der Waals surface area contributed by atoms with Crippen molar-refractivity contribution in [3.63, 3.8) is 0 Å². The average Bonchev–Trinajstić information content (AvgIpc) is 2.62. The number of ether oxygens (including phenoxy) is 1. The maximum atomic E-state index is 12.9. The molecule has 29 heavy (non-hydrogen) atoms. The first-order chi connectivity index (χ1) is 13.5. The van der Waals surface area contributed by atoms with Crippen molar-refractivity contribution in [2.24, 2.45) is 0 Å². The number of anilines is 1. The predicted molar refractivity (Wildman–Crippen MR) is 102 cm³/mol. The van der Waals surface area contributed by atoms with E-state index in [4.69, 9.17) is 0 Å². The smallest absolute Gasteiger partial charge is 0.406 e. The van der Waals surface area contributed by atoms with Crippen LogP contribution in [0.4, 0.5) is 18.9 Å². The molecule has 158 valence electrons. The lowest BCUT2D eigenvalue weighted by Gasteiger charge is -2.21. The summed E-state index contributed by atoms with van der Waals surface area (Å²) in [6.07, 6.45) is -4.42. The number of aryl methyl sites for hydroxylation is 1. The van der Waals surface area contributed by atoms with Crippen LogP contribution in [-0.2, 0) is 14.8 Å². The van der Waals surface area contributed by atoms with Crippen molar-refractivity contribution in [2.45, 2.75) is 31.5 Å². The highest BCUT2D eigenvalue weighted by molar-refractivity contribution is 7.89. The topological polar surface area (TPSA) is 75.7 Å². The number of nitrogens with one attached hydrogen (secondary N) is 1. The summed E-state index contributed by atoms with van der Waals surface area (Å²) in [6, 6.07) is 10.9. The molecule has 1 amide bonds. The van der Waals surface area contributed by atoms with Gasteiger partial charge in [-0.15, -0.1) is 13.2 Å². The van der Waals surface area contributed by atoms with Crippen LogP contribution in [0.25, 0.3) is 0 Å². The highest BCUT2D eigenvalue weighted by atomic mass is 32.2. The standard InChI is InChI=1S/C19H21F3N2O4S/c1-3-12-24(13-18(25)23-17-7-5-4-6-14(17)2)29(26,27)16-10-8-15(9-11-16)28-19(20,21)22/h4-11H,3,12-13H2,1-2H3,(H,23,25). The molecule has 0 radical (unpaired) electrons. The Morgan fingerprint density at radius 1 is 1.10 bits per heavy atom. The van der Waals surface area contributed by atoms with E-state index in [1.807, 2.05) is 6.07 Å². The highest BCUT2D eigenvalue weighted by Crippen LogP contribution is 2.25. The number of para-hydroxylation sites is 1. The Morgan fingerprint density at radius 2 is 1.72 bits per heavy atom. The quantitative estimate of drug-likeness (QED) is 0.689. The van der Waals surface area contributed by atoms with E-state index in [0.717, 1.165) is 34.1 Å². The molecule has 0 aromatic heterocycles. The zero-order valence-corrected chi connectivity index (χ0v) is 16.7. The number of alkyl halides is 3. The van der Waals surface area contributed by atoms with Gasteiger partial charge in [0.15, 0.2) is 0 Å². The number of nitrogens with zero attached hydrogens (tertiary/aromatic N) is 1. The molecule has 0 aliphatic rings. The first kappa shape index (κ1) is 22.7. The lowest BCUT2D eigenvalue weighted by molar-refractivity contribution is -0.274. The average molecular weight is 430 g/mol. The highest BCUT2D eigenvalue weighted by Gasteiger charge is 2.31. The second-order valence-corrected chi connectivity index (χ2v) is 8.16. The molecule has 0 aliphatic heterocycles. The minimum atomic E-state index is -4.87. The Kier molecular flexibility index (Phi) is 7.26. The molecule has 0 atom stereocenters. The van der Waals surface area contributed by atoms with Crippen molar-refractivity contribution in [2.75, 3.05) is 18.4 Å². The Hall–Kier alpha value is -2.59. The maximum absolute atomic E-state index is 12.9. The van der Waals surface area contributed by atoms with Gasteiger partial charge in [0, 0.05) is 12.2 Å². The third kappa shape index (κ3) is 6.47.